The molecule has 27 heavy (non-hydrogen) atoms. The quantitative estimate of drug-likeness (QED) is 0.635. The molecule has 0 saturated carbocycles. The highest BCUT2D eigenvalue weighted by atomic mass is 16.3. The van der Waals surface area contributed by atoms with Gasteiger partial charge in [0.2, 0.25) is 5.95 Å². The maximum atomic E-state index is 12.1. The summed E-state index contributed by atoms with van der Waals surface area (Å²) in [7, 11) is 0. The van der Waals surface area contributed by atoms with E-state index in [0.717, 1.165) is 18.7 Å². The Morgan fingerprint density at radius 2 is 1.93 bits per heavy atom. The van der Waals surface area contributed by atoms with Crippen LogP contribution in [0.15, 0.2) is 18.3 Å². The second-order valence-electron chi connectivity index (χ2n) is 6.41. The van der Waals surface area contributed by atoms with Gasteiger partial charge in [0.25, 0.3) is 5.91 Å². The Kier molecular flexibility index (Phi) is 4.65. The monoisotopic (exact) mass is 368 g/mol. The van der Waals surface area contributed by atoms with Crippen LogP contribution in [0, 0.1) is 13.8 Å². The minimum atomic E-state index is -0.647. The smallest absolute Gasteiger partial charge is 0.253 e. The molecule has 3 aromatic rings. The number of nitrogens with zero attached hydrogens (tertiary/aromatic N) is 4. The molecule has 2 heterocycles. The molecule has 8 nitrogen and oxygen atoms in total. The number of nitrogen functional groups attached to an aromatic ring is 1. The molecule has 0 atom stereocenters. The number of hydrogen-bond donors (Lipinski definition) is 3. The minimum absolute atomic E-state index is 0.135. The molecule has 0 saturated heterocycles. The van der Waals surface area contributed by atoms with Gasteiger partial charge in [-0.05, 0) is 39.3 Å². The van der Waals surface area contributed by atoms with Gasteiger partial charge < -0.3 is 21.5 Å². The number of carbonyl (C=O) groups is 1. The highest BCUT2D eigenvalue weighted by Crippen LogP contribution is 2.35. The summed E-state index contributed by atoms with van der Waals surface area (Å²) in [5, 5.41) is 10.7. The number of amides is 1. The Bertz CT molecular complexity index is 1040. The van der Waals surface area contributed by atoms with Gasteiger partial charge in [-0.2, -0.15) is 4.98 Å². The number of primary amides is 1. The summed E-state index contributed by atoms with van der Waals surface area (Å²) in [5.41, 5.74) is 14.8. The third-order valence-electron chi connectivity index (χ3n) is 4.85. The second-order valence-corrected chi connectivity index (χ2v) is 6.41. The summed E-state index contributed by atoms with van der Waals surface area (Å²) in [6.45, 7) is 9.21. The summed E-state index contributed by atoms with van der Waals surface area (Å²) in [6, 6.07) is 3.42. The molecule has 0 unspecified atom stereocenters. The fourth-order valence-corrected chi connectivity index (χ4v) is 3.39. The Hall–Kier alpha value is -3.29. The molecule has 0 bridgehead atoms. The molecular weight excluding hydrogens is 344 g/mol. The average molecular weight is 368 g/mol. The largest absolute Gasteiger partial charge is 0.508 e. The SMILES string of the molecule is CCN(CC)c1ncc2c(C(N)=O)c(N)n(-c3c(C)ccc(O)c3C)c2n1. The van der Waals surface area contributed by atoms with E-state index in [4.69, 9.17) is 11.5 Å². The van der Waals surface area contributed by atoms with Gasteiger partial charge in [0, 0.05) is 24.8 Å². The number of benzene rings is 1. The molecule has 1 amide bonds. The van der Waals surface area contributed by atoms with E-state index < -0.39 is 5.91 Å². The van der Waals surface area contributed by atoms with Gasteiger partial charge in [0.05, 0.1) is 16.6 Å². The van der Waals surface area contributed by atoms with Crippen LogP contribution in [-0.4, -0.2) is 38.6 Å². The van der Waals surface area contributed by atoms with Crippen LogP contribution < -0.4 is 16.4 Å². The molecule has 3 rings (SSSR count). The van der Waals surface area contributed by atoms with Gasteiger partial charge in [-0.25, -0.2) is 4.98 Å². The summed E-state index contributed by atoms with van der Waals surface area (Å²) >= 11 is 0. The maximum Gasteiger partial charge on any atom is 0.253 e. The lowest BCUT2D eigenvalue weighted by molar-refractivity contribution is 0.100. The minimum Gasteiger partial charge on any atom is -0.508 e. The van der Waals surface area contributed by atoms with Crippen LogP contribution in [0.3, 0.4) is 0 Å². The van der Waals surface area contributed by atoms with Crippen LogP contribution in [-0.2, 0) is 0 Å². The normalized spacial score (nSPS) is 11.1. The first-order valence-electron chi connectivity index (χ1n) is 8.82. The van der Waals surface area contributed by atoms with Gasteiger partial charge in [0.1, 0.15) is 11.6 Å². The number of aromatic nitrogens is 3. The number of phenols is 1. The Morgan fingerprint density at radius 1 is 1.26 bits per heavy atom. The van der Waals surface area contributed by atoms with E-state index in [1.165, 1.54) is 0 Å². The first-order chi connectivity index (χ1) is 12.8. The lowest BCUT2D eigenvalue weighted by atomic mass is 10.1. The van der Waals surface area contributed by atoms with Crippen LogP contribution in [0.1, 0.15) is 35.3 Å². The zero-order valence-electron chi connectivity index (χ0n) is 15.9. The third kappa shape index (κ3) is 2.83. The number of aromatic hydroxyl groups is 1. The molecule has 0 radical (unpaired) electrons. The third-order valence-corrected chi connectivity index (χ3v) is 4.85. The average Bonchev–Trinajstić information content (AvgIpc) is 2.92. The van der Waals surface area contributed by atoms with E-state index >= 15 is 0 Å². The van der Waals surface area contributed by atoms with Crippen molar-refractivity contribution in [3.8, 4) is 11.4 Å². The molecule has 0 aliphatic heterocycles. The van der Waals surface area contributed by atoms with E-state index in [2.05, 4.69) is 9.97 Å². The molecule has 5 N–H and O–H groups in total. The van der Waals surface area contributed by atoms with Crippen molar-refractivity contribution in [3.05, 3.63) is 35.0 Å². The summed E-state index contributed by atoms with van der Waals surface area (Å²) < 4.78 is 1.68. The lowest BCUT2D eigenvalue weighted by Gasteiger charge is -2.19. The van der Waals surface area contributed by atoms with E-state index in [0.29, 0.717) is 28.2 Å². The van der Waals surface area contributed by atoms with Gasteiger partial charge in [0.15, 0.2) is 5.65 Å². The van der Waals surface area contributed by atoms with E-state index in [1.807, 2.05) is 25.7 Å². The summed E-state index contributed by atoms with van der Waals surface area (Å²) in [5.74, 6) is 0.208. The number of nitrogens with two attached hydrogens (primary N) is 2. The topological polar surface area (TPSA) is 123 Å². The fourth-order valence-electron chi connectivity index (χ4n) is 3.39. The number of anilines is 2. The zero-order chi connectivity index (χ0) is 19.9. The highest BCUT2D eigenvalue weighted by molar-refractivity contribution is 6.10. The van der Waals surface area contributed by atoms with Crippen LogP contribution >= 0.6 is 0 Å². The number of fused-ring (bicyclic) bond motifs is 1. The molecule has 0 spiro atoms. The zero-order valence-corrected chi connectivity index (χ0v) is 15.9. The van der Waals surface area contributed by atoms with E-state index in [9.17, 15) is 9.90 Å². The van der Waals surface area contributed by atoms with Crippen molar-refractivity contribution in [2.24, 2.45) is 5.73 Å². The van der Waals surface area contributed by atoms with Crippen molar-refractivity contribution in [1.29, 1.82) is 0 Å². The van der Waals surface area contributed by atoms with E-state index in [1.54, 1.807) is 29.8 Å². The molecule has 0 fully saturated rings. The molecule has 8 heteroatoms. The van der Waals surface area contributed by atoms with Crippen LogP contribution in [0.2, 0.25) is 0 Å². The van der Waals surface area contributed by atoms with E-state index in [-0.39, 0.29) is 17.1 Å². The fraction of sp³-hybridized carbons (Fsp3) is 0.316. The number of phenolic OH excluding ortho intramolecular Hbond substituents is 1. The number of aryl methyl sites for hydroxylation is 1. The van der Waals surface area contributed by atoms with Crippen LogP contribution in [0.5, 0.6) is 5.75 Å². The highest BCUT2D eigenvalue weighted by Gasteiger charge is 2.24. The maximum absolute atomic E-state index is 12.1. The molecule has 0 aliphatic rings. The predicted octanol–water partition coefficient (Wildman–Crippen LogP) is 2.27. The van der Waals surface area contributed by atoms with Gasteiger partial charge >= 0.3 is 0 Å². The number of rotatable bonds is 5. The van der Waals surface area contributed by atoms with Crippen LogP contribution in [0.25, 0.3) is 16.7 Å². The van der Waals surface area contributed by atoms with Crippen molar-refractivity contribution < 1.29 is 9.90 Å². The Balaban J connectivity index is 2.44. The van der Waals surface area contributed by atoms with Crippen LogP contribution in [0.4, 0.5) is 11.8 Å². The Morgan fingerprint density at radius 3 is 2.52 bits per heavy atom. The lowest BCUT2D eigenvalue weighted by Crippen LogP contribution is -2.24. The van der Waals surface area contributed by atoms with Crippen molar-refractivity contribution in [2.45, 2.75) is 27.7 Å². The van der Waals surface area contributed by atoms with Crippen molar-refractivity contribution in [2.75, 3.05) is 23.7 Å². The van der Waals surface area contributed by atoms with Crippen molar-refractivity contribution >= 4 is 28.7 Å². The van der Waals surface area contributed by atoms with Gasteiger partial charge in [-0.15, -0.1) is 0 Å². The standard InChI is InChI=1S/C19H24N6O2/c1-5-24(6-2)19-22-9-12-14(17(21)27)16(20)25(18(12)23-19)15-10(3)7-8-13(26)11(15)4/h7-9,26H,5-6,20H2,1-4H3,(H2,21,27). The molecular formula is C19H24N6O2. The molecule has 2 aromatic heterocycles. The summed E-state index contributed by atoms with van der Waals surface area (Å²) in [6.07, 6.45) is 1.58. The van der Waals surface area contributed by atoms with Crippen molar-refractivity contribution in [1.82, 2.24) is 14.5 Å². The second kappa shape index (κ2) is 6.79. The first-order valence-corrected chi connectivity index (χ1v) is 8.82. The molecule has 142 valence electrons. The van der Waals surface area contributed by atoms with Gasteiger partial charge in [-0.3, -0.25) is 9.36 Å². The predicted molar refractivity (Wildman–Crippen MR) is 106 cm³/mol. The number of carbonyl (C=O) groups excluding carboxylic acids is 1. The molecule has 1 aromatic carbocycles. The number of hydrogen-bond acceptors (Lipinski definition) is 6. The van der Waals surface area contributed by atoms with Gasteiger partial charge in [-0.1, -0.05) is 6.07 Å². The Labute approximate surface area is 157 Å². The first kappa shape index (κ1) is 18.5. The van der Waals surface area contributed by atoms with Crippen molar-refractivity contribution in [3.63, 3.8) is 0 Å². The summed E-state index contributed by atoms with van der Waals surface area (Å²) in [4.78, 5) is 23.1. The molecule has 0 aliphatic carbocycles.